The Hall–Kier alpha value is -1.84. The van der Waals surface area contributed by atoms with E-state index in [9.17, 15) is 26.4 Å². The van der Waals surface area contributed by atoms with Crippen LogP contribution in [0.1, 0.15) is 12.8 Å². The summed E-state index contributed by atoms with van der Waals surface area (Å²) in [4.78, 5) is 15.2. The summed E-state index contributed by atoms with van der Waals surface area (Å²) < 4.78 is 65.1. The molecule has 3 aliphatic heterocycles. The van der Waals surface area contributed by atoms with Crippen LogP contribution in [0.3, 0.4) is 0 Å². The van der Waals surface area contributed by atoms with Gasteiger partial charge in [-0.1, -0.05) is 0 Å². The van der Waals surface area contributed by atoms with Crippen molar-refractivity contribution in [3.8, 4) is 0 Å². The molecular formula is C14H16F3N3O3S. The molecule has 0 saturated carbocycles. The highest BCUT2D eigenvalue weighted by Gasteiger charge is 2.43. The number of alkyl halides is 3. The monoisotopic (exact) mass is 363 g/mol. The van der Waals surface area contributed by atoms with Crippen LogP contribution >= 0.6 is 0 Å². The molecule has 1 saturated heterocycles. The van der Waals surface area contributed by atoms with Crippen molar-refractivity contribution in [3.63, 3.8) is 0 Å². The molecule has 3 aliphatic rings. The fourth-order valence-electron chi connectivity index (χ4n) is 2.94. The van der Waals surface area contributed by atoms with Crippen LogP contribution in [0.15, 0.2) is 28.3 Å². The maximum absolute atomic E-state index is 12.9. The van der Waals surface area contributed by atoms with Gasteiger partial charge >= 0.3 is 6.18 Å². The van der Waals surface area contributed by atoms with Gasteiger partial charge in [0.15, 0.2) is 0 Å². The van der Waals surface area contributed by atoms with Crippen LogP contribution in [0, 0.1) is 5.92 Å². The van der Waals surface area contributed by atoms with E-state index in [0.717, 1.165) is 0 Å². The highest BCUT2D eigenvalue weighted by Crippen LogP contribution is 2.33. The number of hydrogen-bond donors (Lipinski definition) is 0. The average Bonchev–Trinajstić information content (AvgIpc) is 2.52. The van der Waals surface area contributed by atoms with Gasteiger partial charge in [0, 0.05) is 25.8 Å². The molecule has 3 heterocycles. The van der Waals surface area contributed by atoms with E-state index in [1.807, 2.05) is 0 Å². The van der Waals surface area contributed by atoms with E-state index >= 15 is 0 Å². The zero-order valence-corrected chi connectivity index (χ0v) is 13.5. The third-order valence-corrected chi connectivity index (χ3v) is 5.41. The zero-order chi connectivity index (χ0) is 17.5. The number of nitrogens with zero attached hydrogens (tertiary/aromatic N) is 3. The van der Waals surface area contributed by atoms with Crippen molar-refractivity contribution in [1.82, 2.24) is 9.80 Å². The highest BCUT2D eigenvalue weighted by atomic mass is 32.2. The Labute approximate surface area is 137 Å². The Bertz CT molecular complexity index is 740. The molecule has 0 N–H and O–H groups in total. The third kappa shape index (κ3) is 3.47. The van der Waals surface area contributed by atoms with Gasteiger partial charge in [-0.05, 0) is 25.0 Å². The van der Waals surface area contributed by atoms with E-state index in [0.29, 0.717) is 6.42 Å². The predicted octanol–water partition coefficient (Wildman–Crippen LogP) is 1.28. The quantitative estimate of drug-likeness (QED) is 0.704. The summed E-state index contributed by atoms with van der Waals surface area (Å²) in [7, 11) is -3.49. The number of carbonyl (C=O) groups is 1. The topological polar surface area (TPSA) is 70.0 Å². The minimum Gasteiger partial charge on any atom is -0.338 e. The summed E-state index contributed by atoms with van der Waals surface area (Å²) in [6.45, 7) is 0.0994. The van der Waals surface area contributed by atoms with E-state index in [1.165, 1.54) is 28.2 Å². The Morgan fingerprint density at radius 2 is 2.00 bits per heavy atom. The maximum atomic E-state index is 12.9. The summed E-state index contributed by atoms with van der Waals surface area (Å²) in [5.41, 5.74) is 0.232. The molecule has 0 bridgehead atoms. The van der Waals surface area contributed by atoms with E-state index in [-0.39, 0.29) is 43.2 Å². The fraction of sp³-hybridized carbons (Fsp3) is 0.571. The molecule has 0 aromatic carbocycles. The molecule has 1 fully saturated rings. The van der Waals surface area contributed by atoms with Crippen LogP contribution in [0.25, 0.3) is 0 Å². The van der Waals surface area contributed by atoms with Crippen molar-refractivity contribution in [1.29, 1.82) is 0 Å². The normalized spacial score (nSPS) is 26.5. The minimum absolute atomic E-state index is 0.0307. The first kappa shape index (κ1) is 17.0. The molecule has 132 valence electrons. The number of piperidine rings is 1. The molecule has 0 aromatic heterocycles. The standard InChI is InChI=1S/C14H16F3N3O3S/c15-14(16,17)11-2-1-5-20(9-11)13(21)10-3-4-12-18-24(22,23)7-6-19(12)8-10/h3-4,8,11H,1-2,5-7,9H2. The lowest BCUT2D eigenvalue weighted by Crippen LogP contribution is -2.45. The van der Waals surface area contributed by atoms with Crippen LogP contribution < -0.4 is 0 Å². The first-order valence-electron chi connectivity index (χ1n) is 7.51. The smallest absolute Gasteiger partial charge is 0.338 e. The fourth-order valence-corrected chi connectivity index (χ4v) is 3.91. The number of amidine groups is 1. The van der Waals surface area contributed by atoms with Crippen molar-refractivity contribution >= 4 is 21.8 Å². The van der Waals surface area contributed by atoms with Gasteiger partial charge < -0.3 is 9.80 Å². The lowest BCUT2D eigenvalue weighted by molar-refractivity contribution is -0.187. The Morgan fingerprint density at radius 1 is 1.25 bits per heavy atom. The Balaban J connectivity index is 1.75. The number of amides is 1. The molecule has 24 heavy (non-hydrogen) atoms. The molecule has 10 heteroatoms. The molecule has 0 radical (unpaired) electrons. The number of carbonyl (C=O) groups excluding carboxylic acids is 1. The molecule has 3 rings (SSSR count). The van der Waals surface area contributed by atoms with Gasteiger partial charge in [-0.15, -0.1) is 4.40 Å². The second kappa shape index (κ2) is 5.91. The number of likely N-dealkylation sites (tertiary alicyclic amines) is 1. The Kier molecular flexibility index (Phi) is 4.18. The molecule has 1 unspecified atom stereocenters. The van der Waals surface area contributed by atoms with E-state index in [1.54, 1.807) is 0 Å². The SMILES string of the molecule is O=C(C1=CN2CCS(=O)(=O)N=C2C=C1)N1CCCC(C(F)(F)F)C1. The van der Waals surface area contributed by atoms with Gasteiger partial charge in [0.2, 0.25) is 0 Å². The predicted molar refractivity (Wildman–Crippen MR) is 80.5 cm³/mol. The minimum atomic E-state index is -4.31. The van der Waals surface area contributed by atoms with Gasteiger partial charge in [0.25, 0.3) is 15.9 Å². The number of fused-ring (bicyclic) bond motifs is 1. The van der Waals surface area contributed by atoms with Crippen molar-refractivity contribution in [2.45, 2.75) is 19.0 Å². The van der Waals surface area contributed by atoms with Gasteiger partial charge in [-0.2, -0.15) is 13.2 Å². The van der Waals surface area contributed by atoms with Gasteiger partial charge in [0.05, 0.1) is 17.2 Å². The molecule has 1 atom stereocenters. The van der Waals surface area contributed by atoms with E-state index in [4.69, 9.17) is 0 Å². The van der Waals surface area contributed by atoms with Crippen LogP contribution in [-0.2, 0) is 14.8 Å². The summed E-state index contributed by atoms with van der Waals surface area (Å²) in [5.74, 6) is -1.93. The maximum Gasteiger partial charge on any atom is 0.393 e. The first-order chi connectivity index (χ1) is 11.2. The summed E-state index contributed by atoms with van der Waals surface area (Å²) in [6, 6.07) is 0. The lowest BCUT2D eigenvalue weighted by Gasteiger charge is -2.35. The van der Waals surface area contributed by atoms with Crippen LogP contribution in [0.2, 0.25) is 0 Å². The van der Waals surface area contributed by atoms with Crippen LogP contribution in [-0.4, -0.2) is 61.5 Å². The van der Waals surface area contributed by atoms with Crippen molar-refractivity contribution < 1.29 is 26.4 Å². The van der Waals surface area contributed by atoms with Crippen molar-refractivity contribution in [2.24, 2.45) is 10.3 Å². The van der Waals surface area contributed by atoms with E-state index < -0.39 is 28.0 Å². The average molecular weight is 363 g/mol. The highest BCUT2D eigenvalue weighted by molar-refractivity contribution is 7.90. The molecule has 6 nitrogen and oxygen atoms in total. The largest absolute Gasteiger partial charge is 0.393 e. The number of halogens is 3. The molecule has 0 spiro atoms. The van der Waals surface area contributed by atoms with Gasteiger partial charge in [-0.25, -0.2) is 8.42 Å². The molecule has 0 aliphatic carbocycles. The van der Waals surface area contributed by atoms with Crippen LogP contribution in [0.5, 0.6) is 0 Å². The molecule has 0 aromatic rings. The van der Waals surface area contributed by atoms with Crippen molar-refractivity contribution in [3.05, 3.63) is 23.9 Å². The second-order valence-corrected chi connectivity index (χ2v) is 7.73. The summed E-state index contributed by atoms with van der Waals surface area (Å²) in [6.07, 6.45) is 0.277. The van der Waals surface area contributed by atoms with Crippen molar-refractivity contribution in [2.75, 3.05) is 25.4 Å². The first-order valence-corrected chi connectivity index (χ1v) is 9.12. The Morgan fingerprint density at radius 3 is 2.71 bits per heavy atom. The molecular weight excluding hydrogens is 347 g/mol. The second-order valence-electron chi connectivity index (χ2n) is 5.98. The van der Waals surface area contributed by atoms with E-state index in [2.05, 4.69) is 4.40 Å². The van der Waals surface area contributed by atoms with Gasteiger partial charge in [-0.3, -0.25) is 4.79 Å². The number of rotatable bonds is 1. The van der Waals surface area contributed by atoms with Gasteiger partial charge in [0.1, 0.15) is 5.84 Å². The summed E-state index contributed by atoms with van der Waals surface area (Å²) >= 11 is 0. The number of sulfonamides is 1. The van der Waals surface area contributed by atoms with Crippen LogP contribution in [0.4, 0.5) is 13.2 Å². The third-order valence-electron chi connectivity index (χ3n) is 4.24. The summed E-state index contributed by atoms with van der Waals surface area (Å²) in [5, 5.41) is 0. The molecule has 1 amide bonds. The number of hydrogen-bond acceptors (Lipinski definition) is 4. The zero-order valence-electron chi connectivity index (χ0n) is 12.7. The lowest BCUT2D eigenvalue weighted by atomic mass is 9.96.